The lowest BCUT2D eigenvalue weighted by Gasteiger charge is -2.44. The third-order valence-electron chi connectivity index (χ3n) is 4.50. The highest BCUT2D eigenvalue weighted by molar-refractivity contribution is 4.88. The van der Waals surface area contributed by atoms with E-state index in [1.165, 1.54) is 38.9 Å². The van der Waals surface area contributed by atoms with Crippen molar-refractivity contribution in [1.29, 1.82) is 0 Å². The van der Waals surface area contributed by atoms with Crippen LogP contribution in [-0.2, 0) is 0 Å². The molecule has 0 spiro atoms. The Morgan fingerprint density at radius 1 is 1.22 bits per heavy atom. The van der Waals surface area contributed by atoms with Crippen molar-refractivity contribution in [3.63, 3.8) is 0 Å². The molecule has 1 aliphatic rings. The molecule has 1 saturated heterocycles. The predicted molar refractivity (Wildman–Crippen MR) is 81.0 cm³/mol. The van der Waals surface area contributed by atoms with Gasteiger partial charge < -0.3 is 10.2 Å². The highest BCUT2D eigenvalue weighted by atomic mass is 15.2. The Morgan fingerprint density at radius 3 is 2.44 bits per heavy atom. The molecule has 1 aliphatic heterocycles. The van der Waals surface area contributed by atoms with Crippen LogP contribution in [0.1, 0.15) is 60.8 Å². The molecule has 108 valence electrons. The number of nitrogens with zero attached hydrogens (tertiary/aromatic N) is 1. The quantitative estimate of drug-likeness (QED) is 0.807. The largest absolute Gasteiger partial charge is 0.314 e. The van der Waals surface area contributed by atoms with Crippen molar-refractivity contribution in [1.82, 2.24) is 10.2 Å². The zero-order valence-corrected chi connectivity index (χ0v) is 13.4. The van der Waals surface area contributed by atoms with E-state index in [4.69, 9.17) is 0 Å². The molecule has 0 bridgehead atoms. The summed E-state index contributed by atoms with van der Waals surface area (Å²) in [5.74, 6) is 0.769. The topological polar surface area (TPSA) is 15.3 Å². The molecule has 0 aliphatic carbocycles. The molecule has 0 saturated carbocycles. The van der Waals surface area contributed by atoms with Gasteiger partial charge in [0.1, 0.15) is 0 Å². The van der Waals surface area contributed by atoms with E-state index in [0.29, 0.717) is 5.41 Å². The molecule has 2 nitrogen and oxygen atoms in total. The molecule has 2 heteroatoms. The summed E-state index contributed by atoms with van der Waals surface area (Å²) in [6, 6.07) is 1.45. The van der Waals surface area contributed by atoms with Crippen molar-refractivity contribution in [3.8, 4) is 0 Å². The summed E-state index contributed by atoms with van der Waals surface area (Å²) in [6.07, 6.45) is 3.86. The van der Waals surface area contributed by atoms with Crippen molar-refractivity contribution < 1.29 is 0 Å². The fourth-order valence-electron chi connectivity index (χ4n) is 2.85. The van der Waals surface area contributed by atoms with Crippen LogP contribution in [0.5, 0.6) is 0 Å². The van der Waals surface area contributed by atoms with Crippen LogP contribution in [0, 0.1) is 11.3 Å². The molecule has 1 heterocycles. The summed E-state index contributed by atoms with van der Waals surface area (Å²) in [5.41, 5.74) is 0.459. The first kappa shape index (κ1) is 16.0. The molecule has 3 unspecified atom stereocenters. The van der Waals surface area contributed by atoms with E-state index >= 15 is 0 Å². The standard InChI is InChI=1S/C16H34N2/c1-7-10-17-15-8-11-18(14(3)13(15)2)12-9-16(4,5)6/h13-15,17H,7-12H2,1-6H3. The molecule has 0 aromatic heterocycles. The first-order chi connectivity index (χ1) is 8.35. The van der Waals surface area contributed by atoms with Gasteiger partial charge in [0.25, 0.3) is 0 Å². The third kappa shape index (κ3) is 4.89. The molecular formula is C16H34N2. The SMILES string of the molecule is CCCNC1CCN(CCC(C)(C)C)C(C)C1C. The van der Waals surface area contributed by atoms with Crippen molar-refractivity contribution in [2.75, 3.05) is 19.6 Å². The van der Waals surface area contributed by atoms with Gasteiger partial charge in [0.05, 0.1) is 0 Å². The van der Waals surface area contributed by atoms with Gasteiger partial charge in [0.15, 0.2) is 0 Å². The Balaban J connectivity index is 2.42. The Labute approximate surface area is 115 Å². The van der Waals surface area contributed by atoms with Gasteiger partial charge in [-0.3, -0.25) is 0 Å². The number of piperidine rings is 1. The second kappa shape index (κ2) is 6.91. The zero-order valence-electron chi connectivity index (χ0n) is 13.4. The summed E-state index contributed by atoms with van der Waals surface area (Å²) in [4.78, 5) is 2.69. The van der Waals surface area contributed by atoms with Gasteiger partial charge >= 0.3 is 0 Å². The van der Waals surface area contributed by atoms with Crippen LogP contribution in [0.25, 0.3) is 0 Å². The number of likely N-dealkylation sites (tertiary alicyclic amines) is 1. The smallest absolute Gasteiger partial charge is 0.0120 e. The number of rotatable bonds is 5. The first-order valence-corrected chi connectivity index (χ1v) is 7.82. The van der Waals surface area contributed by atoms with E-state index in [9.17, 15) is 0 Å². The molecular weight excluding hydrogens is 220 g/mol. The van der Waals surface area contributed by atoms with E-state index in [2.05, 4.69) is 51.8 Å². The molecule has 18 heavy (non-hydrogen) atoms. The van der Waals surface area contributed by atoms with Gasteiger partial charge in [0.2, 0.25) is 0 Å². The summed E-state index contributed by atoms with van der Waals surface area (Å²) < 4.78 is 0. The van der Waals surface area contributed by atoms with Gasteiger partial charge in [-0.1, -0.05) is 34.6 Å². The zero-order chi connectivity index (χ0) is 13.8. The Hall–Kier alpha value is -0.0800. The van der Waals surface area contributed by atoms with Crippen molar-refractivity contribution in [2.45, 2.75) is 72.9 Å². The van der Waals surface area contributed by atoms with Gasteiger partial charge in [-0.25, -0.2) is 0 Å². The fourth-order valence-corrected chi connectivity index (χ4v) is 2.85. The number of hydrogen-bond donors (Lipinski definition) is 1. The highest BCUT2D eigenvalue weighted by Crippen LogP contribution is 2.26. The van der Waals surface area contributed by atoms with Crippen LogP contribution in [0.4, 0.5) is 0 Å². The third-order valence-corrected chi connectivity index (χ3v) is 4.50. The number of hydrogen-bond acceptors (Lipinski definition) is 2. The summed E-state index contributed by atoms with van der Waals surface area (Å²) in [5, 5.41) is 3.72. The molecule has 0 radical (unpaired) electrons. The average molecular weight is 254 g/mol. The summed E-state index contributed by atoms with van der Waals surface area (Å²) in [6.45, 7) is 17.8. The first-order valence-electron chi connectivity index (χ1n) is 7.82. The van der Waals surface area contributed by atoms with Crippen molar-refractivity contribution >= 4 is 0 Å². The second-order valence-corrected chi connectivity index (χ2v) is 7.30. The van der Waals surface area contributed by atoms with Crippen LogP contribution >= 0.6 is 0 Å². The van der Waals surface area contributed by atoms with E-state index in [1.807, 2.05) is 0 Å². The average Bonchev–Trinajstić information content (AvgIpc) is 2.28. The lowest BCUT2D eigenvalue weighted by Crippen LogP contribution is -2.53. The van der Waals surface area contributed by atoms with Crippen LogP contribution in [-0.4, -0.2) is 36.6 Å². The molecule has 3 atom stereocenters. The van der Waals surface area contributed by atoms with Gasteiger partial charge in [0, 0.05) is 12.1 Å². The normalized spacial score (nSPS) is 30.7. The highest BCUT2D eigenvalue weighted by Gasteiger charge is 2.32. The summed E-state index contributed by atoms with van der Waals surface area (Å²) >= 11 is 0. The predicted octanol–water partition coefficient (Wildman–Crippen LogP) is 3.52. The van der Waals surface area contributed by atoms with Crippen molar-refractivity contribution in [3.05, 3.63) is 0 Å². The minimum Gasteiger partial charge on any atom is -0.314 e. The maximum absolute atomic E-state index is 3.72. The second-order valence-electron chi connectivity index (χ2n) is 7.30. The minimum atomic E-state index is 0.459. The van der Waals surface area contributed by atoms with E-state index in [1.54, 1.807) is 0 Å². The molecule has 0 aromatic carbocycles. The van der Waals surface area contributed by atoms with Crippen LogP contribution in [0.3, 0.4) is 0 Å². The van der Waals surface area contributed by atoms with E-state index in [0.717, 1.165) is 18.0 Å². The van der Waals surface area contributed by atoms with Gasteiger partial charge in [-0.15, -0.1) is 0 Å². The molecule has 1 fully saturated rings. The fraction of sp³-hybridized carbons (Fsp3) is 1.00. The Morgan fingerprint density at radius 2 is 1.89 bits per heavy atom. The lowest BCUT2D eigenvalue weighted by atomic mass is 9.85. The van der Waals surface area contributed by atoms with E-state index < -0.39 is 0 Å². The Bertz CT molecular complexity index is 232. The van der Waals surface area contributed by atoms with Crippen LogP contribution in [0.2, 0.25) is 0 Å². The van der Waals surface area contributed by atoms with Crippen LogP contribution < -0.4 is 5.32 Å². The van der Waals surface area contributed by atoms with Gasteiger partial charge in [-0.2, -0.15) is 0 Å². The van der Waals surface area contributed by atoms with Crippen molar-refractivity contribution in [2.24, 2.45) is 11.3 Å². The monoisotopic (exact) mass is 254 g/mol. The number of nitrogens with one attached hydrogen (secondary N) is 1. The van der Waals surface area contributed by atoms with Gasteiger partial charge in [-0.05, 0) is 57.2 Å². The molecule has 0 aromatic rings. The molecule has 1 rings (SSSR count). The molecule has 1 N–H and O–H groups in total. The van der Waals surface area contributed by atoms with E-state index in [-0.39, 0.29) is 0 Å². The molecule has 0 amide bonds. The lowest BCUT2D eigenvalue weighted by molar-refractivity contribution is 0.0749. The Kier molecular flexibility index (Phi) is 6.13. The summed E-state index contributed by atoms with van der Waals surface area (Å²) in [7, 11) is 0. The minimum absolute atomic E-state index is 0.459. The maximum Gasteiger partial charge on any atom is 0.0120 e. The maximum atomic E-state index is 3.72. The van der Waals surface area contributed by atoms with Crippen LogP contribution in [0.15, 0.2) is 0 Å².